The van der Waals surface area contributed by atoms with E-state index in [0.717, 1.165) is 22.5 Å². The number of aryl methyl sites for hydroxylation is 2. The molecule has 7 nitrogen and oxygen atoms in total. The summed E-state index contributed by atoms with van der Waals surface area (Å²) in [7, 11) is 1.82. The van der Waals surface area contributed by atoms with Gasteiger partial charge in [0.1, 0.15) is 11.6 Å². The van der Waals surface area contributed by atoms with E-state index in [1.54, 1.807) is 4.68 Å². The van der Waals surface area contributed by atoms with E-state index in [9.17, 15) is 4.79 Å². The largest absolute Gasteiger partial charge is 0.310 e. The van der Waals surface area contributed by atoms with Gasteiger partial charge in [0.25, 0.3) is 0 Å². The minimum atomic E-state index is -0.0451. The van der Waals surface area contributed by atoms with Crippen molar-refractivity contribution >= 4 is 23.5 Å². The van der Waals surface area contributed by atoms with Crippen molar-refractivity contribution in [2.75, 3.05) is 11.1 Å². The lowest BCUT2D eigenvalue weighted by molar-refractivity contribution is -0.113. The Labute approximate surface area is 138 Å². The van der Waals surface area contributed by atoms with Gasteiger partial charge in [-0.3, -0.25) is 9.48 Å². The zero-order chi connectivity index (χ0) is 16.0. The Morgan fingerprint density at radius 1 is 1.35 bits per heavy atom. The van der Waals surface area contributed by atoms with Gasteiger partial charge in [0.05, 0.1) is 11.4 Å². The van der Waals surface area contributed by atoms with E-state index in [-0.39, 0.29) is 5.91 Å². The Morgan fingerprint density at radius 3 is 2.74 bits per heavy atom. The molecule has 0 bridgehead atoms. The standard InChI is InChI=1S/C15H20N6OS/c1-9-7-12(20(2)19-9)16-13(22)8-23-15-18-17-14(10-3-4-10)21(15)11-5-6-11/h7,10-11H,3-6,8H2,1-2H3,(H,16,22). The van der Waals surface area contributed by atoms with Crippen LogP contribution in [0.1, 0.15) is 49.2 Å². The van der Waals surface area contributed by atoms with Gasteiger partial charge >= 0.3 is 0 Å². The molecular weight excluding hydrogens is 312 g/mol. The Morgan fingerprint density at radius 2 is 2.13 bits per heavy atom. The second kappa shape index (κ2) is 5.67. The summed E-state index contributed by atoms with van der Waals surface area (Å²) in [4.78, 5) is 12.2. The molecule has 122 valence electrons. The summed E-state index contributed by atoms with van der Waals surface area (Å²) < 4.78 is 3.94. The van der Waals surface area contributed by atoms with Crippen LogP contribution in [0.5, 0.6) is 0 Å². The number of nitrogens with one attached hydrogen (secondary N) is 1. The first-order valence-corrected chi connectivity index (χ1v) is 8.98. The fourth-order valence-electron chi connectivity index (χ4n) is 2.72. The van der Waals surface area contributed by atoms with Gasteiger partial charge in [0.2, 0.25) is 5.91 Å². The molecule has 0 spiro atoms. The summed E-state index contributed by atoms with van der Waals surface area (Å²) in [6, 6.07) is 2.41. The number of hydrogen-bond donors (Lipinski definition) is 1. The monoisotopic (exact) mass is 332 g/mol. The molecule has 0 saturated heterocycles. The number of amides is 1. The van der Waals surface area contributed by atoms with E-state index in [2.05, 4.69) is 25.2 Å². The molecule has 1 amide bonds. The molecule has 2 aliphatic carbocycles. The van der Waals surface area contributed by atoms with Gasteiger partial charge < -0.3 is 9.88 Å². The van der Waals surface area contributed by atoms with Gasteiger partial charge in [-0.25, -0.2) is 0 Å². The highest BCUT2D eigenvalue weighted by molar-refractivity contribution is 7.99. The van der Waals surface area contributed by atoms with Gasteiger partial charge in [-0.15, -0.1) is 10.2 Å². The highest BCUT2D eigenvalue weighted by atomic mass is 32.2. The van der Waals surface area contributed by atoms with Crippen molar-refractivity contribution in [2.45, 2.75) is 49.7 Å². The smallest absolute Gasteiger partial charge is 0.235 e. The number of aromatic nitrogens is 5. The molecule has 2 saturated carbocycles. The number of anilines is 1. The van der Waals surface area contributed by atoms with E-state index >= 15 is 0 Å². The number of nitrogens with zero attached hydrogens (tertiary/aromatic N) is 5. The normalized spacial score (nSPS) is 17.5. The van der Waals surface area contributed by atoms with Crippen LogP contribution in [0.2, 0.25) is 0 Å². The van der Waals surface area contributed by atoms with Crippen LogP contribution in [0.15, 0.2) is 11.2 Å². The molecule has 2 aromatic heterocycles. The molecule has 2 aromatic rings. The van der Waals surface area contributed by atoms with Crippen molar-refractivity contribution < 1.29 is 4.79 Å². The first-order valence-electron chi connectivity index (χ1n) is 8.00. The zero-order valence-electron chi connectivity index (χ0n) is 13.3. The number of carbonyl (C=O) groups excluding carboxylic acids is 1. The van der Waals surface area contributed by atoms with E-state index in [1.807, 2.05) is 20.0 Å². The van der Waals surface area contributed by atoms with Crippen molar-refractivity contribution in [3.8, 4) is 0 Å². The molecule has 23 heavy (non-hydrogen) atoms. The van der Waals surface area contributed by atoms with Gasteiger partial charge in [-0.05, 0) is 32.6 Å². The highest BCUT2D eigenvalue weighted by Crippen LogP contribution is 2.45. The third kappa shape index (κ3) is 3.12. The van der Waals surface area contributed by atoms with Gasteiger partial charge in [-0.1, -0.05) is 11.8 Å². The summed E-state index contributed by atoms with van der Waals surface area (Å²) >= 11 is 1.47. The molecule has 0 atom stereocenters. The van der Waals surface area contributed by atoms with Gasteiger partial charge in [0, 0.05) is 25.1 Å². The lowest BCUT2D eigenvalue weighted by Crippen LogP contribution is -2.17. The third-order valence-electron chi connectivity index (χ3n) is 4.15. The Bertz CT molecular complexity index is 743. The molecule has 1 N–H and O–H groups in total. The maximum Gasteiger partial charge on any atom is 0.235 e. The second-order valence-corrected chi connectivity index (χ2v) is 7.29. The summed E-state index contributed by atoms with van der Waals surface area (Å²) in [5.74, 6) is 2.72. The van der Waals surface area contributed by atoms with Crippen molar-refractivity contribution in [3.05, 3.63) is 17.6 Å². The minimum absolute atomic E-state index is 0.0451. The number of carbonyl (C=O) groups is 1. The van der Waals surface area contributed by atoms with Crippen molar-refractivity contribution in [3.63, 3.8) is 0 Å². The summed E-state index contributed by atoms with van der Waals surface area (Å²) in [5.41, 5.74) is 0.887. The van der Waals surface area contributed by atoms with E-state index in [0.29, 0.717) is 17.7 Å². The van der Waals surface area contributed by atoms with Crippen LogP contribution in [-0.2, 0) is 11.8 Å². The fourth-order valence-corrected chi connectivity index (χ4v) is 3.53. The van der Waals surface area contributed by atoms with Crippen molar-refractivity contribution in [2.24, 2.45) is 7.05 Å². The third-order valence-corrected chi connectivity index (χ3v) is 5.09. The van der Waals surface area contributed by atoms with E-state index in [1.165, 1.54) is 37.4 Å². The van der Waals surface area contributed by atoms with Crippen LogP contribution in [0.25, 0.3) is 0 Å². The Balaban J connectivity index is 1.41. The van der Waals surface area contributed by atoms with E-state index in [4.69, 9.17) is 0 Å². The molecular formula is C15H20N6OS. The summed E-state index contributed by atoms with van der Waals surface area (Å²) in [6.45, 7) is 1.90. The first kappa shape index (κ1) is 14.7. The number of rotatable bonds is 6. The van der Waals surface area contributed by atoms with Crippen LogP contribution in [-0.4, -0.2) is 36.2 Å². The average molecular weight is 332 g/mol. The van der Waals surface area contributed by atoms with Crippen LogP contribution < -0.4 is 5.32 Å². The molecule has 4 rings (SSSR count). The molecule has 0 unspecified atom stereocenters. The van der Waals surface area contributed by atoms with Crippen LogP contribution in [0.4, 0.5) is 5.82 Å². The SMILES string of the molecule is Cc1cc(NC(=O)CSc2nnc(C3CC3)n2C2CC2)n(C)n1. The number of hydrogen-bond acceptors (Lipinski definition) is 5. The zero-order valence-corrected chi connectivity index (χ0v) is 14.1. The molecule has 2 aliphatic rings. The maximum atomic E-state index is 12.2. The molecule has 2 heterocycles. The van der Waals surface area contributed by atoms with E-state index < -0.39 is 0 Å². The minimum Gasteiger partial charge on any atom is -0.310 e. The predicted octanol–water partition coefficient (Wildman–Crippen LogP) is 2.26. The molecule has 2 fully saturated rings. The number of thioether (sulfide) groups is 1. The quantitative estimate of drug-likeness (QED) is 0.821. The molecule has 0 aromatic carbocycles. The van der Waals surface area contributed by atoms with Crippen LogP contribution >= 0.6 is 11.8 Å². The average Bonchev–Trinajstić information content (AvgIpc) is 3.42. The van der Waals surface area contributed by atoms with Gasteiger partial charge in [0.15, 0.2) is 5.16 Å². The van der Waals surface area contributed by atoms with Crippen LogP contribution in [0, 0.1) is 6.92 Å². The maximum absolute atomic E-state index is 12.2. The Kier molecular flexibility index (Phi) is 3.63. The lowest BCUT2D eigenvalue weighted by atomic mass is 10.4. The topological polar surface area (TPSA) is 77.6 Å². The van der Waals surface area contributed by atoms with Gasteiger partial charge in [-0.2, -0.15) is 5.10 Å². The summed E-state index contributed by atoms with van der Waals surface area (Å²) in [5, 5.41) is 16.7. The highest BCUT2D eigenvalue weighted by Gasteiger charge is 2.36. The van der Waals surface area contributed by atoms with Crippen molar-refractivity contribution in [1.29, 1.82) is 0 Å². The molecule has 0 aliphatic heterocycles. The van der Waals surface area contributed by atoms with Crippen molar-refractivity contribution in [1.82, 2.24) is 24.5 Å². The first-order chi connectivity index (χ1) is 11.1. The lowest BCUT2D eigenvalue weighted by Gasteiger charge is -2.08. The fraction of sp³-hybridized carbons (Fsp3) is 0.600. The Hall–Kier alpha value is -1.83. The summed E-state index contributed by atoms with van der Waals surface area (Å²) in [6.07, 6.45) is 4.84. The molecule has 0 radical (unpaired) electrons. The molecule has 8 heteroatoms. The van der Waals surface area contributed by atoms with Crippen LogP contribution in [0.3, 0.4) is 0 Å². The second-order valence-electron chi connectivity index (χ2n) is 6.35. The predicted molar refractivity (Wildman–Crippen MR) is 87.6 cm³/mol.